The number of benzene rings is 3. The van der Waals surface area contributed by atoms with E-state index in [0.717, 1.165) is 11.1 Å². The molecule has 9 nitrogen and oxygen atoms in total. The lowest BCUT2D eigenvalue weighted by atomic mass is 10.0. The lowest BCUT2D eigenvalue weighted by Gasteiger charge is -2.36. The van der Waals surface area contributed by atoms with Gasteiger partial charge in [0, 0.05) is 22.4 Å². The molecule has 0 fully saturated rings. The van der Waals surface area contributed by atoms with Gasteiger partial charge in [-0.05, 0) is 77.9 Å². The Labute approximate surface area is 234 Å². The molecule has 0 spiro atoms. The highest BCUT2D eigenvalue weighted by molar-refractivity contribution is 6.00. The Morgan fingerprint density at radius 3 is 2.30 bits per heavy atom. The first-order valence-corrected chi connectivity index (χ1v) is 13.1. The summed E-state index contributed by atoms with van der Waals surface area (Å²) in [6, 6.07) is 17.9. The number of carbonyl (C=O) groups excluding carboxylic acids is 3. The number of aryl methyl sites for hydroxylation is 2. The number of fused-ring (bicyclic) bond motifs is 1. The van der Waals surface area contributed by atoms with Crippen LogP contribution in [0.15, 0.2) is 60.7 Å². The molecule has 0 unspecified atom stereocenters. The Morgan fingerprint density at radius 1 is 0.975 bits per heavy atom. The zero-order valence-electron chi connectivity index (χ0n) is 23.7. The van der Waals surface area contributed by atoms with Crippen LogP contribution in [0, 0.1) is 20.8 Å². The predicted molar refractivity (Wildman–Crippen MR) is 152 cm³/mol. The van der Waals surface area contributed by atoms with Gasteiger partial charge in [-0.3, -0.25) is 20.3 Å². The summed E-state index contributed by atoms with van der Waals surface area (Å²) in [5, 5.41) is 4.00. The van der Waals surface area contributed by atoms with Crippen LogP contribution in [0.4, 0.5) is 10.5 Å². The minimum Gasteiger partial charge on any atom is -0.486 e. The highest BCUT2D eigenvalue weighted by Crippen LogP contribution is 2.37. The number of nitrogens with zero attached hydrogens (tertiary/aromatic N) is 1. The fraction of sp³-hybridized carbons (Fsp3) is 0.323. The molecule has 210 valence electrons. The number of ether oxygens (including phenoxy) is 3. The van der Waals surface area contributed by atoms with Gasteiger partial charge in [0.25, 0.3) is 11.8 Å². The van der Waals surface area contributed by atoms with E-state index in [1.165, 1.54) is 5.01 Å². The van der Waals surface area contributed by atoms with Crippen molar-refractivity contribution in [1.82, 2.24) is 10.4 Å². The maximum Gasteiger partial charge on any atom is 0.411 e. The van der Waals surface area contributed by atoms with Crippen molar-refractivity contribution in [3.8, 4) is 11.5 Å². The number of rotatable bonds is 5. The van der Waals surface area contributed by atoms with Crippen LogP contribution < -0.4 is 20.2 Å². The molecule has 9 heteroatoms. The third-order valence-electron chi connectivity index (χ3n) is 6.30. The van der Waals surface area contributed by atoms with Crippen LogP contribution in [-0.4, -0.2) is 47.8 Å². The van der Waals surface area contributed by atoms with Crippen LogP contribution in [0.1, 0.15) is 58.2 Å². The molecule has 0 aromatic heterocycles. The van der Waals surface area contributed by atoms with Gasteiger partial charge >= 0.3 is 6.09 Å². The molecule has 1 atom stereocenters. The van der Waals surface area contributed by atoms with E-state index in [4.69, 9.17) is 14.2 Å². The first kappa shape index (κ1) is 28.5. The number of para-hydroxylation sites is 1. The molecule has 3 aromatic rings. The van der Waals surface area contributed by atoms with Crippen molar-refractivity contribution in [2.75, 3.05) is 18.5 Å². The number of carbonyl (C=O) groups is 3. The lowest BCUT2D eigenvalue weighted by molar-refractivity contribution is 0.0344. The zero-order valence-corrected chi connectivity index (χ0v) is 23.7. The van der Waals surface area contributed by atoms with Gasteiger partial charge in [0.1, 0.15) is 13.2 Å². The third kappa shape index (κ3) is 6.72. The second-order valence-corrected chi connectivity index (χ2v) is 10.8. The van der Waals surface area contributed by atoms with Gasteiger partial charge in [0.05, 0.1) is 5.54 Å². The summed E-state index contributed by atoms with van der Waals surface area (Å²) in [6.07, 6.45) is -1.18. The number of hydrogen-bond acceptors (Lipinski definition) is 6. The highest BCUT2D eigenvalue weighted by atomic mass is 16.6. The Hall–Kier alpha value is -4.53. The Morgan fingerprint density at radius 2 is 1.65 bits per heavy atom. The van der Waals surface area contributed by atoms with Crippen LogP contribution in [0.5, 0.6) is 11.5 Å². The SMILES string of the molecule is Cc1cc(C)cc(C(=O)N(NC(=O)c2ccc3c(c2C)O[C@@H](COC(=O)Nc2ccccc2)CO3)C(C)(C)C)c1. The molecule has 40 heavy (non-hydrogen) atoms. The second kappa shape index (κ2) is 11.7. The smallest absolute Gasteiger partial charge is 0.411 e. The summed E-state index contributed by atoms with van der Waals surface area (Å²) in [5.74, 6) is 0.0999. The van der Waals surface area contributed by atoms with Gasteiger partial charge in [-0.1, -0.05) is 35.4 Å². The van der Waals surface area contributed by atoms with Crippen molar-refractivity contribution < 1.29 is 28.6 Å². The third-order valence-corrected chi connectivity index (χ3v) is 6.30. The molecule has 0 aliphatic carbocycles. The molecule has 1 aliphatic heterocycles. The van der Waals surface area contributed by atoms with Crippen LogP contribution >= 0.6 is 0 Å². The molecule has 3 aromatic carbocycles. The lowest BCUT2D eigenvalue weighted by Crippen LogP contribution is -2.56. The van der Waals surface area contributed by atoms with Gasteiger partial charge in [0.2, 0.25) is 0 Å². The van der Waals surface area contributed by atoms with Crippen LogP contribution in [0.25, 0.3) is 0 Å². The van der Waals surface area contributed by atoms with E-state index in [1.807, 2.05) is 46.8 Å². The van der Waals surface area contributed by atoms with Crippen LogP contribution in [0.3, 0.4) is 0 Å². The fourth-order valence-electron chi connectivity index (χ4n) is 4.39. The summed E-state index contributed by atoms with van der Waals surface area (Å²) in [5.41, 5.74) is 6.00. The van der Waals surface area contributed by atoms with Crippen LogP contribution in [-0.2, 0) is 4.74 Å². The number of amides is 3. The standard InChI is InChI=1S/C31H35N3O6/c1-19-14-20(2)16-22(15-19)29(36)34(31(4,5)6)33-28(35)25-12-13-26-27(21(25)3)40-24(17-38-26)18-39-30(37)32-23-10-8-7-9-11-23/h7-16,24H,17-18H2,1-6H3,(H,32,37)(H,33,35)/t24-/m1/s1. The van der Waals surface area contributed by atoms with Crippen molar-refractivity contribution in [3.05, 3.63) is 88.5 Å². The van der Waals surface area contributed by atoms with Crippen molar-refractivity contribution in [2.24, 2.45) is 0 Å². The summed E-state index contributed by atoms with van der Waals surface area (Å²) in [6.45, 7) is 11.3. The summed E-state index contributed by atoms with van der Waals surface area (Å²) in [7, 11) is 0. The van der Waals surface area contributed by atoms with Gasteiger partial charge in [-0.15, -0.1) is 0 Å². The van der Waals surface area contributed by atoms with E-state index in [0.29, 0.717) is 33.9 Å². The van der Waals surface area contributed by atoms with Gasteiger partial charge in [-0.25, -0.2) is 9.80 Å². The molecular formula is C31H35N3O6. The van der Waals surface area contributed by atoms with E-state index in [2.05, 4.69) is 10.7 Å². The van der Waals surface area contributed by atoms with Crippen molar-refractivity contribution in [1.29, 1.82) is 0 Å². The average Bonchev–Trinajstić information content (AvgIpc) is 2.90. The summed E-state index contributed by atoms with van der Waals surface area (Å²) < 4.78 is 17.2. The Balaban J connectivity index is 1.47. The van der Waals surface area contributed by atoms with E-state index < -0.39 is 23.6 Å². The number of anilines is 1. The molecule has 0 radical (unpaired) electrons. The van der Waals surface area contributed by atoms with Crippen molar-refractivity contribution >= 4 is 23.6 Å². The molecule has 2 N–H and O–H groups in total. The predicted octanol–water partition coefficient (Wildman–Crippen LogP) is 5.59. The zero-order chi connectivity index (χ0) is 29.0. The molecule has 4 rings (SSSR count). The molecule has 1 heterocycles. The van der Waals surface area contributed by atoms with E-state index in [9.17, 15) is 14.4 Å². The molecule has 0 saturated carbocycles. The first-order valence-electron chi connectivity index (χ1n) is 13.1. The van der Waals surface area contributed by atoms with E-state index in [-0.39, 0.29) is 19.1 Å². The van der Waals surface area contributed by atoms with Crippen molar-refractivity contribution in [3.63, 3.8) is 0 Å². The largest absolute Gasteiger partial charge is 0.486 e. The number of hydrogen-bond donors (Lipinski definition) is 2. The first-order chi connectivity index (χ1) is 18.9. The van der Waals surface area contributed by atoms with Gasteiger partial charge < -0.3 is 14.2 Å². The fourth-order valence-corrected chi connectivity index (χ4v) is 4.39. The van der Waals surface area contributed by atoms with Crippen LogP contribution in [0.2, 0.25) is 0 Å². The number of nitrogens with one attached hydrogen (secondary N) is 2. The van der Waals surface area contributed by atoms with E-state index in [1.54, 1.807) is 55.5 Å². The minimum atomic E-state index is -0.700. The molecule has 1 aliphatic rings. The summed E-state index contributed by atoms with van der Waals surface area (Å²) >= 11 is 0. The van der Waals surface area contributed by atoms with Crippen molar-refractivity contribution in [2.45, 2.75) is 53.2 Å². The van der Waals surface area contributed by atoms with Gasteiger partial charge in [-0.2, -0.15) is 0 Å². The molecular weight excluding hydrogens is 510 g/mol. The van der Waals surface area contributed by atoms with E-state index >= 15 is 0 Å². The highest BCUT2D eigenvalue weighted by Gasteiger charge is 2.32. The molecule has 3 amide bonds. The second-order valence-electron chi connectivity index (χ2n) is 10.8. The Kier molecular flexibility index (Phi) is 8.32. The number of hydrazine groups is 1. The normalized spacial score (nSPS) is 14.2. The summed E-state index contributed by atoms with van der Waals surface area (Å²) in [4.78, 5) is 39.1. The average molecular weight is 546 g/mol. The molecule has 0 bridgehead atoms. The molecule has 0 saturated heterocycles. The maximum absolute atomic E-state index is 13.5. The Bertz CT molecular complexity index is 1390. The maximum atomic E-state index is 13.5. The quantitative estimate of drug-likeness (QED) is 0.405. The monoisotopic (exact) mass is 545 g/mol. The van der Waals surface area contributed by atoms with Gasteiger partial charge in [0.15, 0.2) is 17.6 Å². The topological polar surface area (TPSA) is 106 Å². The minimum absolute atomic E-state index is 0.0455.